The highest BCUT2D eigenvalue weighted by Crippen LogP contribution is 2.28. The van der Waals surface area contributed by atoms with Crippen LogP contribution < -0.4 is 15.5 Å². The second-order valence-corrected chi connectivity index (χ2v) is 6.92. The van der Waals surface area contributed by atoms with E-state index >= 15 is 0 Å². The highest BCUT2D eigenvalue weighted by molar-refractivity contribution is 7.81. The molecule has 142 valence electrons. The van der Waals surface area contributed by atoms with E-state index in [1.54, 1.807) is 42.6 Å². The van der Waals surface area contributed by atoms with E-state index < -0.39 is 23.4 Å². The van der Waals surface area contributed by atoms with Crippen LogP contribution in [0.25, 0.3) is 0 Å². The summed E-state index contributed by atoms with van der Waals surface area (Å²) in [7, 11) is 0. The molecule has 1 saturated heterocycles. The molecule has 2 amide bonds. The molecule has 1 aliphatic heterocycles. The van der Waals surface area contributed by atoms with E-state index in [1.165, 1.54) is 16.2 Å². The van der Waals surface area contributed by atoms with Gasteiger partial charge < -0.3 is 10.1 Å². The van der Waals surface area contributed by atoms with Crippen LogP contribution in [0.15, 0.2) is 35.7 Å². The molecule has 0 aliphatic carbocycles. The number of amides is 2. The smallest absolute Gasteiger partial charge is 0.335 e. The Hall–Kier alpha value is -2.43. The molecular formula is C17H18N4O4S2. The Morgan fingerprint density at radius 3 is 2.81 bits per heavy atom. The van der Waals surface area contributed by atoms with Gasteiger partial charge in [-0.25, -0.2) is 9.78 Å². The maximum Gasteiger partial charge on any atom is 0.335 e. The van der Waals surface area contributed by atoms with Crippen molar-refractivity contribution in [2.75, 3.05) is 18.1 Å². The molecule has 2 heterocycles. The average molecular weight is 406 g/mol. The molecule has 2 atom stereocenters. The molecule has 2 unspecified atom stereocenters. The Morgan fingerprint density at radius 1 is 1.44 bits per heavy atom. The van der Waals surface area contributed by atoms with E-state index in [0.29, 0.717) is 16.4 Å². The van der Waals surface area contributed by atoms with Crippen LogP contribution in [0.4, 0.5) is 5.13 Å². The van der Waals surface area contributed by atoms with Crippen molar-refractivity contribution in [1.82, 2.24) is 15.6 Å². The predicted molar refractivity (Wildman–Crippen MR) is 104 cm³/mol. The van der Waals surface area contributed by atoms with Crippen molar-refractivity contribution >= 4 is 46.9 Å². The van der Waals surface area contributed by atoms with Crippen molar-refractivity contribution in [2.24, 2.45) is 0 Å². The summed E-state index contributed by atoms with van der Waals surface area (Å²) in [5.41, 5.74) is 0.228. The van der Waals surface area contributed by atoms with Gasteiger partial charge in [0.25, 0.3) is 5.91 Å². The first-order valence-electron chi connectivity index (χ1n) is 8.22. The molecule has 27 heavy (non-hydrogen) atoms. The minimum Gasteiger partial charge on any atom is -0.464 e. The van der Waals surface area contributed by atoms with Crippen molar-refractivity contribution in [3.05, 3.63) is 47.0 Å². The van der Waals surface area contributed by atoms with Gasteiger partial charge in [0.15, 0.2) is 11.2 Å². The van der Waals surface area contributed by atoms with Crippen LogP contribution >= 0.6 is 24.0 Å². The van der Waals surface area contributed by atoms with E-state index in [0.717, 1.165) is 0 Å². The molecular weight excluding hydrogens is 388 g/mol. The monoisotopic (exact) mass is 406 g/mol. The van der Waals surface area contributed by atoms with Gasteiger partial charge in [-0.3, -0.25) is 19.8 Å². The minimum absolute atomic E-state index is 0.162. The van der Waals surface area contributed by atoms with Gasteiger partial charge in [0, 0.05) is 10.9 Å². The SMILES string of the molecule is CCOC(=O)C(NC(=O)c1ccccc1)c1csc(N2C(=O)CNC2S)n1. The molecule has 0 saturated carbocycles. The lowest BCUT2D eigenvalue weighted by atomic mass is 10.1. The lowest BCUT2D eigenvalue weighted by Crippen LogP contribution is -2.36. The third-order valence-electron chi connectivity index (χ3n) is 3.79. The van der Waals surface area contributed by atoms with E-state index in [-0.39, 0.29) is 19.1 Å². The molecule has 0 spiro atoms. The molecule has 1 aromatic carbocycles. The molecule has 1 aliphatic rings. The quantitative estimate of drug-likeness (QED) is 0.494. The molecule has 1 aromatic heterocycles. The van der Waals surface area contributed by atoms with Crippen LogP contribution in [0.1, 0.15) is 29.0 Å². The first kappa shape index (κ1) is 19.3. The Balaban J connectivity index is 1.84. The highest BCUT2D eigenvalue weighted by Gasteiger charge is 2.33. The van der Waals surface area contributed by atoms with E-state index in [9.17, 15) is 14.4 Å². The summed E-state index contributed by atoms with van der Waals surface area (Å²) in [5.74, 6) is -1.21. The summed E-state index contributed by atoms with van der Waals surface area (Å²) in [5, 5.41) is 7.56. The fourth-order valence-corrected chi connectivity index (χ4v) is 3.81. The second kappa shape index (κ2) is 8.51. The number of thiazole rings is 1. The summed E-state index contributed by atoms with van der Waals surface area (Å²) in [4.78, 5) is 42.6. The number of hydrogen-bond acceptors (Lipinski definition) is 8. The lowest BCUT2D eigenvalue weighted by Gasteiger charge is -2.17. The van der Waals surface area contributed by atoms with Gasteiger partial charge in [0.1, 0.15) is 5.50 Å². The fraction of sp³-hybridized carbons (Fsp3) is 0.294. The lowest BCUT2D eigenvalue weighted by molar-refractivity contribution is -0.145. The van der Waals surface area contributed by atoms with Crippen molar-refractivity contribution in [3.63, 3.8) is 0 Å². The normalized spacial score (nSPS) is 17.6. The van der Waals surface area contributed by atoms with Gasteiger partial charge in [-0.1, -0.05) is 18.2 Å². The summed E-state index contributed by atoms with van der Waals surface area (Å²) in [6.07, 6.45) is 0. The zero-order valence-electron chi connectivity index (χ0n) is 14.4. The number of benzene rings is 1. The second-order valence-electron chi connectivity index (χ2n) is 5.60. The van der Waals surface area contributed by atoms with Gasteiger partial charge in [0.05, 0.1) is 18.8 Å². The zero-order valence-corrected chi connectivity index (χ0v) is 16.1. The fourth-order valence-electron chi connectivity index (χ4n) is 2.51. The molecule has 3 rings (SSSR count). The summed E-state index contributed by atoms with van der Waals surface area (Å²) < 4.78 is 5.08. The van der Waals surface area contributed by atoms with Crippen LogP contribution in [0.2, 0.25) is 0 Å². The third-order valence-corrected chi connectivity index (χ3v) is 5.07. The summed E-state index contributed by atoms with van der Waals surface area (Å²) >= 11 is 5.48. The van der Waals surface area contributed by atoms with Gasteiger partial charge in [0.2, 0.25) is 5.91 Å². The Bertz CT molecular complexity index is 842. The van der Waals surface area contributed by atoms with Crippen molar-refractivity contribution in [3.8, 4) is 0 Å². The van der Waals surface area contributed by atoms with Crippen LogP contribution in [0.3, 0.4) is 0 Å². The van der Waals surface area contributed by atoms with E-state index in [2.05, 4.69) is 28.2 Å². The predicted octanol–water partition coefficient (Wildman–Crippen LogP) is 1.33. The van der Waals surface area contributed by atoms with Gasteiger partial charge >= 0.3 is 5.97 Å². The molecule has 1 fully saturated rings. The number of nitrogens with one attached hydrogen (secondary N) is 2. The third kappa shape index (κ3) is 4.29. The molecule has 10 heteroatoms. The van der Waals surface area contributed by atoms with E-state index in [1.807, 2.05) is 0 Å². The molecule has 2 aromatic rings. The Morgan fingerprint density at radius 2 is 2.19 bits per heavy atom. The maximum absolute atomic E-state index is 12.5. The number of thiol groups is 1. The standard InChI is InChI=1S/C17H18N4O4S2/c1-2-25-15(24)13(20-14(23)10-6-4-3-5-7-10)11-9-27-17(19-11)21-12(22)8-18-16(21)26/h3-7,9,13,16,18,26H,2,8H2,1H3,(H,20,23). The average Bonchev–Trinajstić information content (AvgIpc) is 3.26. The number of carbonyl (C=O) groups is 3. The van der Waals surface area contributed by atoms with Crippen molar-refractivity contribution in [2.45, 2.75) is 18.5 Å². The van der Waals surface area contributed by atoms with Gasteiger partial charge in [-0.15, -0.1) is 24.0 Å². The number of nitrogens with zero attached hydrogens (tertiary/aromatic N) is 2. The summed E-state index contributed by atoms with van der Waals surface area (Å²) in [6, 6.07) is 7.46. The van der Waals surface area contributed by atoms with Crippen LogP contribution in [0.5, 0.6) is 0 Å². The molecule has 0 radical (unpaired) electrons. The number of rotatable bonds is 6. The number of hydrogen-bond donors (Lipinski definition) is 3. The van der Waals surface area contributed by atoms with Gasteiger partial charge in [-0.2, -0.15) is 0 Å². The first-order valence-corrected chi connectivity index (χ1v) is 9.62. The summed E-state index contributed by atoms with van der Waals surface area (Å²) in [6.45, 7) is 2.01. The Labute approximate surface area is 165 Å². The van der Waals surface area contributed by atoms with E-state index in [4.69, 9.17) is 4.74 Å². The van der Waals surface area contributed by atoms with Crippen molar-refractivity contribution < 1.29 is 19.1 Å². The number of anilines is 1. The topological polar surface area (TPSA) is 101 Å². The maximum atomic E-state index is 12.5. The van der Waals surface area contributed by atoms with Crippen LogP contribution in [-0.4, -0.2) is 41.4 Å². The zero-order chi connectivity index (χ0) is 19.4. The van der Waals surface area contributed by atoms with Gasteiger partial charge in [-0.05, 0) is 19.1 Å². The highest BCUT2D eigenvalue weighted by atomic mass is 32.1. The largest absolute Gasteiger partial charge is 0.464 e. The number of esters is 1. The molecule has 2 N–H and O–H groups in total. The first-order chi connectivity index (χ1) is 13.0. The van der Waals surface area contributed by atoms with Crippen LogP contribution in [-0.2, 0) is 14.3 Å². The molecule has 8 nitrogen and oxygen atoms in total. The number of ether oxygens (including phenoxy) is 1. The molecule has 0 bridgehead atoms. The minimum atomic E-state index is -1.08. The Kier molecular flexibility index (Phi) is 6.09. The number of carbonyl (C=O) groups excluding carboxylic acids is 3. The van der Waals surface area contributed by atoms with Crippen molar-refractivity contribution in [1.29, 1.82) is 0 Å². The number of aromatic nitrogens is 1. The van der Waals surface area contributed by atoms with Crippen LogP contribution in [0, 0.1) is 0 Å².